The molecule has 0 bridgehead atoms. The van der Waals surface area contributed by atoms with Crippen molar-refractivity contribution in [1.29, 1.82) is 0 Å². The Bertz CT molecular complexity index is 529. The van der Waals surface area contributed by atoms with Crippen molar-refractivity contribution in [3.8, 4) is 11.5 Å². The van der Waals surface area contributed by atoms with E-state index in [-0.39, 0.29) is 0 Å². The molecule has 0 amide bonds. The molecule has 2 N–H and O–H groups in total. The average molecular weight is 272 g/mol. The minimum Gasteiger partial charge on any atom is -0.497 e. The van der Waals surface area contributed by atoms with E-state index in [2.05, 4.69) is 4.98 Å². The van der Waals surface area contributed by atoms with Crippen LogP contribution in [0.25, 0.3) is 0 Å². The minimum atomic E-state index is 0.604. The van der Waals surface area contributed by atoms with E-state index >= 15 is 0 Å². The molecule has 0 fully saturated rings. The van der Waals surface area contributed by atoms with Crippen LogP contribution in [0.4, 0.5) is 0 Å². The van der Waals surface area contributed by atoms with Crippen molar-refractivity contribution in [3.05, 3.63) is 53.9 Å². The maximum atomic E-state index is 5.88. The normalized spacial score (nSPS) is 10.3. The van der Waals surface area contributed by atoms with Gasteiger partial charge >= 0.3 is 0 Å². The predicted molar refractivity (Wildman–Crippen MR) is 79.2 cm³/mol. The Kier molecular flexibility index (Phi) is 5.38. The highest BCUT2D eigenvalue weighted by Gasteiger charge is 2.05. The first kappa shape index (κ1) is 14.3. The Morgan fingerprint density at radius 3 is 2.60 bits per heavy atom. The maximum absolute atomic E-state index is 5.88. The summed E-state index contributed by atoms with van der Waals surface area (Å²) in [6.07, 6.45) is 5.23. The molecule has 0 unspecified atom stereocenters. The van der Waals surface area contributed by atoms with E-state index in [1.807, 2.05) is 30.3 Å². The third-order valence-electron chi connectivity index (χ3n) is 3.09. The molecule has 0 aliphatic carbocycles. The summed E-state index contributed by atoms with van der Waals surface area (Å²) in [5.41, 5.74) is 7.95. The summed E-state index contributed by atoms with van der Waals surface area (Å²) in [5.74, 6) is 1.65. The molecule has 1 aromatic carbocycles. The fraction of sp³-hybridized carbons (Fsp3) is 0.312. The van der Waals surface area contributed by atoms with Crippen molar-refractivity contribution in [1.82, 2.24) is 4.98 Å². The van der Waals surface area contributed by atoms with Gasteiger partial charge in [-0.25, -0.2) is 0 Å². The first-order valence-corrected chi connectivity index (χ1v) is 6.72. The zero-order chi connectivity index (χ0) is 14.2. The summed E-state index contributed by atoms with van der Waals surface area (Å²) >= 11 is 0. The molecule has 4 heteroatoms. The second-order valence-corrected chi connectivity index (χ2v) is 4.47. The highest BCUT2D eigenvalue weighted by molar-refractivity contribution is 5.41. The summed E-state index contributed by atoms with van der Waals surface area (Å²) in [4.78, 5) is 4.00. The smallest absolute Gasteiger partial charge is 0.126 e. The molecule has 2 aromatic rings. The van der Waals surface area contributed by atoms with Crippen LogP contribution in [0.15, 0.2) is 42.7 Å². The zero-order valence-corrected chi connectivity index (χ0v) is 11.7. The molecule has 0 aliphatic rings. The average Bonchev–Trinajstić information content (AvgIpc) is 2.50. The van der Waals surface area contributed by atoms with Crippen molar-refractivity contribution >= 4 is 0 Å². The van der Waals surface area contributed by atoms with Crippen LogP contribution in [-0.2, 0) is 12.8 Å². The van der Waals surface area contributed by atoms with E-state index in [4.69, 9.17) is 15.2 Å². The van der Waals surface area contributed by atoms with Crippen molar-refractivity contribution in [2.75, 3.05) is 20.3 Å². The molecule has 0 atom stereocenters. The molecule has 2 rings (SSSR count). The van der Waals surface area contributed by atoms with Gasteiger partial charge in [0.15, 0.2) is 0 Å². The van der Waals surface area contributed by atoms with Gasteiger partial charge in [0, 0.05) is 24.9 Å². The number of hydrogen-bond acceptors (Lipinski definition) is 4. The molecule has 20 heavy (non-hydrogen) atoms. The van der Waals surface area contributed by atoms with Crippen LogP contribution >= 0.6 is 0 Å². The van der Waals surface area contributed by atoms with Crippen molar-refractivity contribution in [3.63, 3.8) is 0 Å². The molecule has 106 valence electrons. The third kappa shape index (κ3) is 3.96. The SMILES string of the molecule is COc1ccc(CCN)c(OCCc2ccncc2)c1. The van der Waals surface area contributed by atoms with Crippen molar-refractivity contribution in [2.45, 2.75) is 12.8 Å². The van der Waals surface area contributed by atoms with Gasteiger partial charge in [-0.3, -0.25) is 4.98 Å². The number of rotatable bonds is 7. The third-order valence-corrected chi connectivity index (χ3v) is 3.09. The van der Waals surface area contributed by atoms with Gasteiger partial charge in [0.05, 0.1) is 13.7 Å². The number of methoxy groups -OCH3 is 1. The summed E-state index contributed by atoms with van der Waals surface area (Å²) < 4.78 is 11.1. The lowest BCUT2D eigenvalue weighted by atomic mass is 10.1. The number of ether oxygens (including phenoxy) is 2. The second-order valence-electron chi connectivity index (χ2n) is 4.47. The molecule has 0 saturated heterocycles. The van der Waals surface area contributed by atoms with Crippen LogP contribution in [0.1, 0.15) is 11.1 Å². The highest BCUT2D eigenvalue weighted by Crippen LogP contribution is 2.25. The minimum absolute atomic E-state index is 0.604. The second kappa shape index (κ2) is 7.50. The van der Waals surface area contributed by atoms with Crippen LogP contribution in [0, 0.1) is 0 Å². The van der Waals surface area contributed by atoms with Crippen LogP contribution in [0.2, 0.25) is 0 Å². The predicted octanol–water partition coefficient (Wildman–Crippen LogP) is 2.21. The van der Waals surface area contributed by atoms with E-state index < -0.39 is 0 Å². The number of nitrogens with two attached hydrogens (primary N) is 1. The number of hydrogen-bond donors (Lipinski definition) is 1. The van der Waals surface area contributed by atoms with Gasteiger partial charge in [0.1, 0.15) is 11.5 Å². The highest BCUT2D eigenvalue weighted by atomic mass is 16.5. The van der Waals surface area contributed by atoms with E-state index in [1.165, 1.54) is 5.56 Å². The van der Waals surface area contributed by atoms with Crippen molar-refractivity contribution < 1.29 is 9.47 Å². The van der Waals surface area contributed by atoms with Crippen LogP contribution in [-0.4, -0.2) is 25.2 Å². The number of aromatic nitrogens is 1. The molecule has 0 aliphatic heterocycles. The van der Waals surface area contributed by atoms with Gasteiger partial charge in [-0.15, -0.1) is 0 Å². The lowest BCUT2D eigenvalue weighted by Gasteiger charge is -2.12. The summed E-state index contributed by atoms with van der Waals surface area (Å²) in [6, 6.07) is 9.84. The van der Waals surface area contributed by atoms with Gasteiger partial charge in [-0.05, 0) is 42.3 Å². The summed E-state index contributed by atoms with van der Waals surface area (Å²) in [6.45, 7) is 1.22. The lowest BCUT2D eigenvalue weighted by molar-refractivity contribution is 0.315. The molecule has 0 spiro atoms. The molecular weight excluding hydrogens is 252 g/mol. The van der Waals surface area contributed by atoms with Gasteiger partial charge in [-0.1, -0.05) is 6.07 Å². The van der Waals surface area contributed by atoms with Crippen LogP contribution < -0.4 is 15.2 Å². The monoisotopic (exact) mass is 272 g/mol. The largest absolute Gasteiger partial charge is 0.497 e. The van der Waals surface area contributed by atoms with Gasteiger partial charge < -0.3 is 15.2 Å². The van der Waals surface area contributed by atoms with Gasteiger partial charge in [-0.2, -0.15) is 0 Å². The number of nitrogens with zero attached hydrogens (tertiary/aromatic N) is 1. The lowest BCUT2D eigenvalue weighted by Crippen LogP contribution is -2.07. The van der Waals surface area contributed by atoms with Gasteiger partial charge in [0.25, 0.3) is 0 Å². The first-order chi connectivity index (χ1) is 9.83. The summed E-state index contributed by atoms with van der Waals surface area (Å²) in [5, 5.41) is 0. The Morgan fingerprint density at radius 2 is 1.90 bits per heavy atom. The summed E-state index contributed by atoms with van der Waals surface area (Å²) in [7, 11) is 1.65. The molecular formula is C16H20N2O2. The Morgan fingerprint density at radius 1 is 1.10 bits per heavy atom. The van der Waals surface area contributed by atoms with Crippen LogP contribution in [0.3, 0.4) is 0 Å². The quantitative estimate of drug-likeness (QED) is 0.839. The van der Waals surface area contributed by atoms with Crippen LogP contribution in [0.5, 0.6) is 11.5 Å². The van der Waals surface area contributed by atoms with Crippen molar-refractivity contribution in [2.24, 2.45) is 5.73 Å². The zero-order valence-electron chi connectivity index (χ0n) is 11.7. The molecule has 4 nitrogen and oxygen atoms in total. The standard InChI is InChI=1S/C16H20N2O2/c1-19-15-3-2-14(4-8-17)16(12-15)20-11-7-13-5-9-18-10-6-13/h2-3,5-6,9-10,12H,4,7-8,11,17H2,1H3. The number of benzene rings is 1. The topological polar surface area (TPSA) is 57.4 Å². The molecule has 0 radical (unpaired) electrons. The Labute approximate surface area is 119 Å². The molecule has 1 aromatic heterocycles. The Hall–Kier alpha value is -2.07. The fourth-order valence-corrected chi connectivity index (χ4v) is 1.99. The number of pyridine rings is 1. The van der Waals surface area contributed by atoms with E-state index in [0.29, 0.717) is 13.2 Å². The molecule has 0 saturated carbocycles. The molecule has 1 heterocycles. The fourth-order valence-electron chi connectivity index (χ4n) is 1.99. The van der Waals surface area contributed by atoms with Gasteiger partial charge in [0.2, 0.25) is 0 Å². The maximum Gasteiger partial charge on any atom is 0.126 e. The first-order valence-electron chi connectivity index (χ1n) is 6.72. The van der Waals surface area contributed by atoms with E-state index in [1.54, 1.807) is 19.5 Å². The Balaban J connectivity index is 2.00. The van der Waals surface area contributed by atoms with E-state index in [0.717, 1.165) is 29.9 Å². The van der Waals surface area contributed by atoms with E-state index in [9.17, 15) is 0 Å².